The fourth-order valence-corrected chi connectivity index (χ4v) is 2.03. The van der Waals surface area contributed by atoms with Gasteiger partial charge >= 0.3 is 0 Å². The van der Waals surface area contributed by atoms with Crippen molar-refractivity contribution in [3.8, 4) is 0 Å². The molecule has 8 heteroatoms. The van der Waals surface area contributed by atoms with Crippen LogP contribution in [0.3, 0.4) is 0 Å². The van der Waals surface area contributed by atoms with Gasteiger partial charge in [-0.1, -0.05) is 32.4 Å². The maximum Gasteiger partial charge on any atom is 0.217 e. The minimum absolute atomic E-state index is 0.165. The van der Waals surface area contributed by atoms with Crippen molar-refractivity contribution in [3.05, 3.63) is 23.2 Å². The summed E-state index contributed by atoms with van der Waals surface area (Å²) in [5.41, 5.74) is -0.165. The number of nitrogens with two attached hydrogens (primary N) is 1. The standard InChI is InChI=1S/C10H13ClN6S/c1-10(2,3)7-15-16-9(17(7)12)18-8-13-4-6(11)5-14-8/h4-5H,12H2,1-3H3. The van der Waals surface area contributed by atoms with Crippen molar-refractivity contribution in [2.45, 2.75) is 36.5 Å². The Hall–Kier alpha value is -1.34. The smallest absolute Gasteiger partial charge is 0.217 e. The fraction of sp³-hybridized carbons (Fsp3) is 0.400. The second kappa shape index (κ2) is 4.74. The second-order valence-electron chi connectivity index (χ2n) is 4.71. The molecule has 2 rings (SSSR count). The quantitative estimate of drug-likeness (QED) is 0.670. The zero-order valence-corrected chi connectivity index (χ0v) is 11.8. The lowest BCUT2D eigenvalue weighted by Gasteiger charge is -2.16. The van der Waals surface area contributed by atoms with Crippen molar-refractivity contribution in [3.63, 3.8) is 0 Å². The Morgan fingerprint density at radius 2 is 1.83 bits per heavy atom. The van der Waals surface area contributed by atoms with Gasteiger partial charge in [0.15, 0.2) is 11.0 Å². The van der Waals surface area contributed by atoms with Gasteiger partial charge in [-0.3, -0.25) is 0 Å². The highest BCUT2D eigenvalue weighted by molar-refractivity contribution is 7.99. The summed E-state index contributed by atoms with van der Waals surface area (Å²) < 4.78 is 1.46. The largest absolute Gasteiger partial charge is 0.336 e. The van der Waals surface area contributed by atoms with Gasteiger partial charge in [-0.15, -0.1) is 10.2 Å². The molecule has 2 aromatic rings. The maximum atomic E-state index is 5.96. The molecule has 0 spiro atoms. The van der Waals surface area contributed by atoms with Gasteiger partial charge in [-0.25, -0.2) is 14.6 Å². The number of hydrogen-bond acceptors (Lipinski definition) is 6. The van der Waals surface area contributed by atoms with Crippen molar-refractivity contribution < 1.29 is 0 Å². The van der Waals surface area contributed by atoms with Gasteiger partial charge in [0.2, 0.25) is 5.16 Å². The number of nitrogens with zero attached hydrogens (tertiary/aromatic N) is 5. The summed E-state index contributed by atoms with van der Waals surface area (Å²) >= 11 is 6.96. The average Bonchev–Trinajstić information content (AvgIpc) is 2.63. The molecule has 0 saturated carbocycles. The van der Waals surface area contributed by atoms with Crippen LogP contribution in [0.15, 0.2) is 22.7 Å². The molecule has 6 nitrogen and oxygen atoms in total. The Balaban J connectivity index is 2.25. The van der Waals surface area contributed by atoms with E-state index in [0.717, 1.165) is 0 Å². The van der Waals surface area contributed by atoms with E-state index in [1.54, 1.807) is 0 Å². The highest BCUT2D eigenvalue weighted by Crippen LogP contribution is 2.26. The summed E-state index contributed by atoms with van der Waals surface area (Å²) in [6.45, 7) is 6.06. The molecular formula is C10H13ClN6S. The van der Waals surface area contributed by atoms with Crippen LogP contribution in [0.4, 0.5) is 0 Å². The van der Waals surface area contributed by atoms with E-state index in [9.17, 15) is 0 Å². The highest BCUT2D eigenvalue weighted by Gasteiger charge is 2.23. The number of halogens is 1. The van der Waals surface area contributed by atoms with Gasteiger partial charge in [0, 0.05) is 5.41 Å². The maximum absolute atomic E-state index is 5.96. The minimum Gasteiger partial charge on any atom is -0.336 e. The molecule has 96 valence electrons. The highest BCUT2D eigenvalue weighted by atomic mass is 35.5. The number of rotatable bonds is 2. The van der Waals surface area contributed by atoms with Crippen molar-refractivity contribution in [2.75, 3.05) is 5.84 Å². The molecule has 0 saturated heterocycles. The molecule has 0 unspecified atom stereocenters. The van der Waals surface area contributed by atoms with E-state index in [2.05, 4.69) is 20.2 Å². The summed E-state index contributed by atoms with van der Waals surface area (Å²) in [6.07, 6.45) is 3.05. The molecule has 0 aromatic carbocycles. The predicted octanol–water partition coefficient (Wildman–Crippen LogP) is 1.88. The Kier molecular flexibility index (Phi) is 3.45. The van der Waals surface area contributed by atoms with Gasteiger partial charge in [-0.05, 0) is 11.8 Å². The third-order valence-corrected chi connectivity index (χ3v) is 3.16. The van der Waals surface area contributed by atoms with Crippen LogP contribution in [0, 0.1) is 0 Å². The van der Waals surface area contributed by atoms with Crippen LogP contribution in [0.5, 0.6) is 0 Å². The van der Waals surface area contributed by atoms with Gasteiger partial charge in [0.1, 0.15) is 0 Å². The van der Waals surface area contributed by atoms with E-state index >= 15 is 0 Å². The van der Waals surface area contributed by atoms with E-state index in [1.807, 2.05) is 20.8 Å². The molecule has 0 atom stereocenters. The van der Waals surface area contributed by atoms with Crippen molar-refractivity contribution in [1.82, 2.24) is 24.8 Å². The first-order valence-electron chi connectivity index (χ1n) is 5.24. The first-order chi connectivity index (χ1) is 8.38. The number of hydrogen-bond donors (Lipinski definition) is 1. The van der Waals surface area contributed by atoms with Crippen LogP contribution >= 0.6 is 23.4 Å². The molecule has 0 aliphatic carbocycles. The first-order valence-corrected chi connectivity index (χ1v) is 6.44. The van der Waals surface area contributed by atoms with Crippen molar-refractivity contribution in [2.24, 2.45) is 0 Å². The normalized spacial score (nSPS) is 11.8. The lowest BCUT2D eigenvalue weighted by atomic mass is 9.96. The molecule has 18 heavy (non-hydrogen) atoms. The summed E-state index contributed by atoms with van der Waals surface area (Å²) in [6, 6.07) is 0. The summed E-state index contributed by atoms with van der Waals surface area (Å²) in [4.78, 5) is 8.14. The molecular weight excluding hydrogens is 272 g/mol. The Bertz CT molecular complexity index is 544. The third kappa shape index (κ3) is 2.73. The third-order valence-electron chi connectivity index (χ3n) is 2.11. The van der Waals surface area contributed by atoms with Crippen molar-refractivity contribution >= 4 is 23.4 Å². The lowest BCUT2D eigenvalue weighted by molar-refractivity contribution is 0.523. The summed E-state index contributed by atoms with van der Waals surface area (Å²) in [5.74, 6) is 6.66. The molecule has 0 radical (unpaired) electrons. The molecule has 2 heterocycles. The first kappa shape index (κ1) is 13.1. The zero-order chi connectivity index (χ0) is 13.3. The Morgan fingerprint density at radius 3 is 2.33 bits per heavy atom. The Morgan fingerprint density at radius 1 is 1.22 bits per heavy atom. The molecule has 2 N–H and O–H groups in total. The van der Waals surface area contributed by atoms with Gasteiger partial charge in [-0.2, -0.15) is 0 Å². The predicted molar refractivity (Wildman–Crippen MR) is 70.0 cm³/mol. The molecule has 2 aromatic heterocycles. The Labute approximate surface area is 114 Å². The fourth-order valence-electron chi connectivity index (χ4n) is 1.29. The van der Waals surface area contributed by atoms with Gasteiger partial charge in [0.25, 0.3) is 0 Å². The van der Waals surface area contributed by atoms with E-state index in [0.29, 0.717) is 21.2 Å². The molecule has 0 amide bonds. The van der Waals surface area contributed by atoms with E-state index in [-0.39, 0.29) is 5.41 Å². The molecule has 0 fully saturated rings. The topological polar surface area (TPSA) is 82.5 Å². The van der Waals surface area contributed by atoms with Crippen LogP contribution in [-0.2, 0) is 5.41 Å². The van der Waals surface area contributed by atoms with Crippen LogP contribution in [0.2, 0.25) is 5.02 Å². The summed E-state index contributed by atoms with van der Waals surface area (Å²) in [7, 11) is 0. The molecule has 0 bridgehead atoms. The second-order valence-corrected chi connectivity index (χ2v) is 6.08. The molecule has 0 aliphatic heterocycles. The number of nitrogen functional groups attached to an aromatic ring is 1. The van der Waals surface area contributed by atoms with E-state index in [4.69, 9.17) is 17.4 Å². The van der Waals surface area contributed by atoms with Crippen LogP contribution < -0.4 is 5.84 Å². The monoisotopic (exact) mass is 284 g/mol. The van der Waals surface area contributed by atoms with E-state index in [1.165, 1.54) is 28.8 Å². The SMILES string of the molecule is CC(C)(C)c1nnc(Sc2ncc(Cl)cn2)n1N. The lowest BCUT2D eigenvalue weighted by Crippen LogP contribution is -2.24. The average molecular weight is 285 g/mol. The van der Waals surface area contributed by atoms with Crippen LogP contribution in [0.25, 0.3) is 0 Å². The van der Waals surface area contributed by atoms with Crippen LogP contribution in [0.1, 0.15) is 26.6 Å². The summed E-state index contributed by atoms with van der Waals surface area (Å²) in [5, 5.41) is 9.68. The van der Waals surface area contributed by atoms with Crippen LogP contribution in [-0.4, -0.2) is 24.8 Å². The van der Waals surface area contributed by atoms with Gasteiger partial charge < -0.3 is 5.84 Å². The minimum atomic E-state index is -0.165. The van der Waals surface area contributed by atoms with Gasteiger partial charge in [0.05, 0.1) is 17.4 Å². The van der Waals surface area contributed by atoms with Crippen molar-refractivity contribution in [1.29, 1.82) is 0 Å². The van der Waals surface area contributed by atoms with E-state index < -0.39 is 0 Å². The zero-order valence-electron chi connectivity index (χ0n) is 10.3. The number of aromatic nitrogens is 5. The molecule has 0 aliphatic rings.